The number of carbonyl (C=O) groups excluding carboxylic acids is 2. The quantitative estimate of drug-likeness (QED) is 0.329. The van der Waals surface area contributed by atoms with Gasteiger partial charge in [-0.15, -0.1) is 0 Å². The monoisotopic (exact) mass is 466 g/mol. The minimum atomic E-state index is -1.04. The number of aliphatic carboxylic acids is 1. The molecule has 32 heavy (non-hydrogen) atoms. The molecule has 0 aliphatic rings. The van der Waals surface area contributed by atoms with E-state index in [-0.39, 0.29) is 41.1 Å². The SMILES string of the molecule is CC(C)C[C@@H](C(=O)NCCCSC[C@H](NC(=O)CC(C)(C)C)C(=O)O)c1ccc(O)cc1. The summed E-state index contributed by atoms with van der Waals surface area (Å²) in [5.41, 5.74) is 0.671. The number of carbonyl (C=O) groups is 3. The van der Waals surface area contributed by atoms with Crippen LogP contribution in [-0.2, 0) is 14.4 Å². The normalized spacial score (nSPS) is 13.4. The first-order chi connectivity index (χ1) is 14.9. The Bertz CT molecular complexity index is 744. The molecule has 0 aromatic heterocycles. The van der Waals surface area contributed by atoms with Crippen molar-refractivity contribution in [2.45, 2.75) is 65.8 Å². The van der Waals surface area contributed by atoms with Gasteiger partial charge < -0.3 is 20.8 Å². The molecule has 0 saturated heterocycles. The van der Waals surface area contributed by atoms with Crippen molar-refractivity contribution in [1.29, 1.82) is 0 Å². The van der Waals surface area contributed by atoms with Crippen LogP contribution in [0.25, 0.3) is 0 Å². The van der Waals surface area contributed by atoms with E-state index in [1.54, 1.807) is 24.3 Å². The lowest BCUT2D eigenvalue weighted by atomic mass is 9.89. The molecule has 0 radical (unpaired) electrons. The van der Waals surface area contributed by atoms with E-state index in [4.69, 9.17) is 0 Å². The molecule has 0 fully saturated rings. The molecule has 0 unspecified atom stereocenters. The molecule has 0 aliphatic carbocycles. The van der Waals surface area contributed by atoms with Gasteiger partial charge in [-0.1, -0.05) is 46.8 Å². The average molecular weight is 467 g/mol. The zero-order valence-corrected chi connectivity index (χ0v) is 20.6. The second-order valence-corrected chi connectivity index (χ2v) is 10.8. The van der Waals surface area contributed by atoms with E-state index in [2.05, 4.69) is 24.5 Å². The van der Waals surface area contributed by atoms with Gasteiger partial charge in [0, 0.05) is 18.7 Å². The molecule has 1 rings (SSSR count). The Hall–Kier alpha value is -2.22. The van der Waals surface area contributed by atoms with E-state index >= 15 is 0 Å². The molecule has 0 aliphatic heterocycles. The van der Waals surface area contributed by atoms with Gasteiger partial charge in [0.15, 0.2) is 0 Å². The van der Waals surface area contributed by atoms with E-state index in [0.29, 0.717) is 31.1 Å². The van der Waals surface area contributed by atoms with Crippen LogP contribution in [0.15, 0.2) is 24.3 Å². The maximum atomic E-state index is 12.7. The topological polar surface area (TPSA) is 116 Å². The van der Waals surface area contributed by atoms with Crippen molar-refractivity contribution in [2.24, 2.45) is 11.3 Å². The molecule has 2 atom stereocenters. The number of amides is 2. The summed E-state index contributed by atoms with van der Waals surface area (Å²) in [6.45, 7) is 10.4. The van der Waals surface area contributed by atoms with Crippen molar-refractivity contribution in [3.8, 4) is 5.75 Å². The fourth-order valence-corrected chi connectivity index (χ4v) is 4.16. The molecule has 180 valence electrons. The molecule has 0 heterocycles. The molecule has 2 amide bonds. The first kappa shape index (κ1) is 27.8. The van der Waals surface area contributed by atoms with Gasteiger partial charge in [-0.05, 0) is 47.6 Å². The highest BCUT2D eigenvalue weighted by molar-refractivity contribution is 7.99. The van der Waals surface area contributed by atoms with Crippen LogP contribution >= 0.6 is 11.8 Å². The molecule has 8 heteroatoms. The highest BCUT2D eigenvalue weighted by atomic mass is 32.2. The number of hydrogen-bond donors (Lipinski definition) is 4. The molecular weight excluding hydrogens is 428 g/mol. The van der Waals surface area contributed by atoms with E-state index in [1.807, 2.05) is 20.8 Å². The third-order valence-electron chi connectivity index (χ3n) is 4.69. The Morgan fingerprint density at radius 1 is 1.09 bits per heavy atom. The summed E-state index contributed by atoms with van der Waals surface area (Å²) in [5.74, 6) is -0.164. The summed E-state index contributed by atoms with van der Waals surface area (Å²) >= 11 is 1.44. The molecule has 0 saturated carbocycles. The van der Waals surface area contributed by atoms with Crippen molar-refractivity contribution in [1.82, 2.24) is 10.6 Å². The number of carboxylic acid groups (broad SMARTS) is 1. The lowest BCUT2D eigenvalue weighted by Gasteiger charge is -2.20. The predicted octanol–water partition coefficient (Wildman–Crippen LogP) is 3.77. The van der Waals surface area contributed by atoms with Crippen LogP contribution in [0.3, 0.4) is 0 Å². The predicted molar refractivity (Wildman–Crippen MR) is 129 cm³/mol. The Labute approximate surface area is 195 Å². The largest absolute Gasteiger partial charge is 0.508 e. The number of phenols is 1. The fraction of sp³-hybridized carbons (Fsp3) is 0.625. The summed E-state index contributed by atoms with van der Waals surface area (Å²) in [4.78, 5) is 36.2. The fourth-order valence-electron chi connectivity index (χ4n) is 3.18. The van der Waals surface area contributed by atoms with E-state index < -0.39 is 12.0 Å². The first-order valence-corrected chi connectivity index (χ1v) is 12.2. The van der Waals surface area contributed by atoms with Gasteiger partial charge in [-0.25, -0.2) is 4.79 Å². The van der Waals surface area contributed by atoms with Gasteiger partial charge in [0.25, 0.3) is 0 Å². The van der Waals surface area contributed by atoms with E-state index in [1.165, 1.54) is 11.8 Å². The minimum Gasteiger partial charge on any atom is -0.508 e. The zero-order chi connectivity index (χ0) is 24.3. The number of thioether (sulfide) groups is 1. The molecule has 1 aromatic carbocycles. The van der Waals surface area contributed by atoms with Gasteiger partial charge in [-0.3, -0.25) is 9.59 Å². The van der Waals surface area contributed by atoms with Gasteiger partial charge in [0.1, 0.15) is 11.8 Å². The summed E-state index contributed by atoms with van der Waals surface area (Å²) in [7, 11) is 0. The standard InChI is InChI=1S/C24H38N2O5S/c1-16(2)13-19(17-7-9-18(27)10-8-17)22(29)25-11-6-12-32-15-20(23(30)31)26-21(28)14-24(3,4)5/h7-10,16,19-20,27H,6,11-15H2,1-5H3,(H,25,29)(H,26,28)(H,30,31)/t19-,20+/m1/s1. The lowest BCUT2D eigenvalue weighted by molar-refractivity contribution is -0.141. The van der Waals surface area contributed by atoms with Crippen molar-refractivity contribution in [3.05, 3.63) is 29.8 Å². The molecular formula is C24H38N2O5S. The maximum Gasteiger partial charge on any atom is 0.327 e. The van der Waals surface area contributed by atoms with Gasteiger partial charge in [0.05, 0.1) is 5.92 Å². The van der Waals surface area contributed by atoms with Gasteiger partial charge >= 0.3 is 5.97 Å². The number of nitrogens with one attached hydrogen (secondary N) is 2. The van der Waals surface area contributed by atoms with Crippen molar-refractivity contribution in [2.75, 3.05) is 18.1 Å². The summed E-state index contributed by atoms with van der Waals surface area (Å²) in [6.07, 6.45) is 1.68. The van der Waals surface area contributed by atoms with Gasteiger partial charge in [0.2, 0.25) is 11.8 Å². The molecule has 1 aromatic rings. The first-order valence-electron chi connectivity index (χ1n) is 11.1. The van der Waals surface area contributed by atoms with Gasteiger partial charge in [-0.2, -0.15) is 11.8 Å². The second kappa shape index (κ2) is 13.4. The zero-order valence-electron chi connectivity index (χ0n) is 19.8. The van der Waals surface area contributed by atoms with Crippen LogP contribution in [0.4, 0.5) is 0 Å². The molecule has 0 bridgehead atoms. The lowest BCUT2D eigenvalue weighted by Crippen LogP contribution is -2.43. The summed E-state index contributed by atoms with van der Waals surface area (Å²) in [5, 5.41) is 24.4. The van der Waals surface area contributed by atoms with Crippen LogP contribution in [0.5, 0.6) is 5.75 Å². The Morgan fingerprint density at radius 3 is 2.25 bits per heavy atom. The number of phenolic OH excluding ortho intramolecular Hbond substituents is 1. The van der Waals surface area contributed by atoms with Crippen LogP contribution < -0.4 is 10.6 Å². The Kier molecular flexibility index (Phi) is 11.6. The Morgan fingerprint density at radius 2 is 1.72 bits per heavy atom. The smallest absolute Gasteiger partial charge is 0.327 e. The van der Waals surface area contributed by atoms with Crippen LogP contribution in [0.2, 0.25) is 0 Å². The molecule has 4 N–H and O–H groups in total. The third kappa shape index (κ3) is 11.4. The summed E-state index contributed by atoms with van der Waals surface area (Å²) < 4.78 is 0. The van der Waals surface area contributed by atoms with Crippen molar-refractivity contribution >= 4 is 29.5 Å². The Balaban J connectivity index is 2.43. The average Bonchev–Trinajstić information content (AvgIpc) is 2.66. The number of rotatable bonds is 13. The summed E-state index contributed by atoms with van der Waals surface area (Å²) in [6, 6.07) is 5.81. The number of benzene rings is 1. The highest BCUT2D eigenvalue weighted by Crippen LogP contribution is 2.25. The van der Waals surface area contributed by atoms with E-state index in [0.717, 1.165) is 5.56 Å². The van der Waals surface area contributed by atoms with Crippen LogP contribution in [0, 0.1) is 11.3 Å². The molecule has 7 nitrogen and oxygen atoms in total. The number of hydrogen-bond acceptors (Lipinski definition) is 5. The minimum absolute atomic E-state index is 0.0488. The van der Waals surface area contributed by atoms with Crippen LogP contribution in [-0.4, -0.2) is 52.1 Å². The number of aromatic hydroxyl groups is 1. The maximum absolute atomic E-state index is 12.7. The van der Waals surface area contributed by atoms with Crippen LogP contribution in [0.1, 0.15) is 65.4 Å². The van der Waals surface area contributed by atoms with Crippen molar-refractivity contribution < 1.29 is 24.6 Å². The molecule has 0 spiro atoms. The number of carboxylic acids is 1. The van der Waals surface area contributed by atoms with Crippen molar-refractivity contribution in [3.63, 3.8) is 0 Å². The highest BCUT2D eigenvalue weighted by Gasteiger charge is 2.24. The second-order valence-electron chi connectivity index (χ2n) is 9.69. The third-order valence-corrected chi connectivity index (χ3v) is 5.84. The van der Waals surface area contributed by atoms with E-state index in [9.17, 15) is 24.6 Å².